The monoisotopic (exact) mass is 386 g/mol. The number of nitrogens with zero attached hydrogens (tertiary/aromatic N) is 3. The van der Waals surface area contributed by atoms with Crippen LogP contribution in [0.3, 0.4) is 0 Å². The average molecular weight is 387 g/mol. The van der Waals surface area contributed by atoms with E-state index in [1.165, 1.54) is 27.6 Å². The van der Waals surface area contributed by atoms with Crippen LogP contribution >= 0.6 is 0 Å². The topological polar surface area (TPSA) is 70.0 Å². The summed E-state index contributed by atoms with van der Waals surface area (Å²) in [5, 5.41) is 12.4. The number of nitrogens with one attached hydrogen (secondary N) is 3. The zero-order valence-corrected chi connectivity index (χ0v) is 16.8. The van der Waals surface area contributed by atoms with Gasteiger partial charge in [-0.15, -0.1) is 0 Å². The van der Waals surface area contributed by atoms with Crippen LogP contribution in [0.2, 0.25) is 0 Å². The highest BCUT2D eigenvalue weighted by Crippen LogP contribution is 2.19. The number of guanidine groups is 1. The Morgan fingerprint density at radius 1 is 1.14 bits per heavy atom. The van der Waals surface area contributed by atoms with Crippen molar-refractivity contribution in [2.75, 3.05) is 13.6 Å². The van der Waals surface area contributed by atoms with Gasteiger partial charge >= 0.3 is 0 Å². The Kier molecular flexibility index (Phi) is 5.61. The van der Waals surface area contributed by atoms with Crippen LogP contribution in [0.1, 0.15) is 16.7 Å². The molecule has 6 nitrogen and oxygen atoms in total. The molecule has 2 heterocycles. The molecule has 0 aliphatic carbocycles. The lowest BCUT2D eigenvalue weighted by Gasteiger charge is -2.12. The van der Waals surface area contributed by atoms with Crippen LogP contribution in [0.15, 0.2) is 72.1 Å². The Morgan fingerprint density at radius 2 is 2.07 bits per heavy atom. The van der Waals surface area contributed by atoms with E-state index in [-0.39, 0.29) is 0 Å². The van der Waals surface area contributed by atoms with Gasteiger partial charge in [-0.05, 0) is 54.3 Å². The number of H-pyrrole nitrogens is 1. The predicted octanol–water partition coefficient (Wildman–Crippen LogP) is 3.57. The second kappa shape index (κ2) is 8.65. The molecule has 0 aliphatic heterocycles. The molecule has 2 aromatic heterocycles. The van der Waals surface area contributed by atoms with Gasteiger partial charge in [-0.1, -0.05) is 24.3 Å². The van der Waals surface area contributed by atoms with Gasteiger partial charge in [-0.3, -0.25) is 4.99 Å². The van der Waals surface area contributed by atoms with E-state index in [1.807, 2.05) is 29.1 Å². The number of aromatic nitrogens is 3. The number of aryl methyl sites for hydroxylation is 1. The smallest absolute Gasteiger partial charge is 0.191 e. The Labute approximate surface area is 170 Å². The predicted molar refractivity (Wildman–Crippen MR) is 119 cm³/mol. The van der Waals surface area contributed by atoms with E-state index in [9.17, 15) is 0 Å². The van der Waals surface area contributed by atoms with Crippen molar-refractivity contribution in [2.45, 2.75) is 19.9 Å². The molecule has 0 saturated carbocycles. The maximum Gasteiger partial charge on any atom is 0.191 e. The number of rotatable bonds is 6. The molecular formula is C23H26N6. The van der Waals surface area contributed by atoms with E-state index in [4.69, 9.17) is 0 Å². The maximum absolute atomic E-state index is 4.34. The van der Waals surface area contributed by atoms with Crippen molar-refractivity contribution in [3.05, 3.63) is 83.8 Å². The summed E-state index contributed by atoms with van der Waals surface area (Å²) in [6.45, 7) is 3.62. The molecule has 0 spiro atoms. The average Bonchev–Trinajstić information content (AvgIpc) is 3.41. The second-order valence-corrected chi connectivity index (χ2v) is 7.09. The molecule has 0 unspecified atom stereocenters. The van der Waals surface area contributed by atoms with E-state index in [2.05, 4.69) is 69.2 Å². The third-order valence-corrected chi connectivity index (χ3v) is 4.97. The summed E-state index contributed by atoms with van der Waals surface area (Å²) in [6.07, 6.45) is 6.76. The first-order valence-corrected chi connectivity index (χ1v) is 9.83. The van der Waals surface area contributed by atoms with Crippen LogP contribution in [0, 0.1) is 6.92 Å². The van der Waals surface area contributed by atoms with Crippen molar-refractivity contribution in [3.8, 4) is 5.69 Å². The van der Waals surface area contributed by atoms with Gasteiger partial charge in [0.05, 0.1) is 5.69 Å². The van der Waals surface area contributed by atoms with Crippen LogP contribution < -0.4 is 10.6 Å². The SMILES string of the molecule is CN=C(NCCc1c[nH]c2cc(C)ccc12)NCc1cccc(-n2cccn2)c1. The Balaban J connectivity index is 1.31. The molecule has 0 atom stereocenters. The largest absolute Gasteiger partial charge is 0.361 e. The summed E-state index contributed by atoms with van der Waals surface area (Å²) in [5.74, 6) is 0.796. The lowest BCUT2D eigenvalue weighted by Crippen LogP contribution is -2.37. The van der Waals surface area contributed by atoms with E-state index in [0.717, 1.165) is 24.6 Å². The van der Waals surface area contributed by atoms with Gasteiger partial charge in [0.15, 0.2) is 5.96 Å². The van der Waals surface area contributed by atoms with E-state index in [0.29, 0.717) is 6.54 Å². The fourth-order valence-corrected chi connectivity index (χ4v) is 3.46. The van der Waals surface area contributed by atoms with Gasteiger partial charge in [0.25, 0.3) is 0 Å². The van der Waals surface area contributed by atoms with Crippen molar-refractivity contribution >= 4 is 16.9 Å². The summed E-state index contributed by atoms with van der Waals surface area (Å²) in [5.41, 5.74) is 6.00. The Morgan fingerprint density at radius 3 is 2.90 bits per heavy atom. The van der Waals surface area contributed by atoms with Crippen LogP contribution in [-0.4, -0.2) is 34.3 Å². The fraction of sp³-hybridized carbons (Fsp3) is 0.217. The number of aromatic amines is 1. The Bertz CT molecular complexity index is 1110. The molecule has 3 N–H and O–H groups in total. The highest BCUT2D eigenvalue weighted by molar-refractivity contribution is 5.84. The number of hydrogen-bond donors (Lipinski definition) is 3. The van der Waals surface area contributed by atoms with Gasteiger partial charge in [-0.2, -0.15) is 5.10 Å². The number of aliphatic imine (C=N–C) groups is 1. The molecule has 0 amide bonds. The zero-order chi connectivity index (χ0) is 20.1. The first-order valence-electron chi connectivity index (χ1n) is 9.83. The Hall–Kier alpha value is -3.54. The molecule has 0 radical (unpaired) electrons. The molecule has 0 saturated heterocycles. The van der Waals surface area contributed by atoms with E-state index >= 15 is 0 Å². The molecular weight excluding hydrogens is 360 g/mol. The van der Waals surface area contributed by atoms with Gasteiger partial charge in [-0.25, -0.2) is 4.68 Å². The lowest BCUT2D eigenvalue weighted by molar-refractivity contribution is 0.794. The second-order valence-electron chi connectivity index (χ2n) is 7.09. The number of hydrogen-bond acceptors (Lipinski definition) is 2. The van der Waals surface area contributed by atoms with Crippen LogP contribution in [0.4, 0.5) is 0 Å². The standard InChI is InChI=1S/C23H26N6/c1-17-7-8-21-19(16-26-22(21)13-17)9-11-25-23(24-2)27-15-18-5-3-6-20(14-18)29-12-4-10-28-29/h3-8,10,12-14,16,26H,9,11,15H2,1-2H3,(H2,24,25,27). The quantitative estimate of drug-likeness (QED) is 0.350. The summed E-state index contributed by atoms with van der Waals surface area (Å²) < 4.78 is 1.86. The summed E-state index contributed by atoms with van der Waals surface area (Å²) in [7, 11) is 1.80. The molecule has 6 heteroatoms. The first kappa shape index (κ1) is 18.8. The van der Waals surface area contributed by atoms with Crippen molar-refractivity contribution in [3.63, 3.8) is 0 Å². The molecule has 4 aromatic rings. The molecule has 29 heavy (non-hydrogen) atoms. The minimum atomic E-state index is 0.696. The van der Waals surface area contributed by atoms with Crippen molar-refractivity contribution < 1.29 is 0 Å². The van der Waals surface area contributed by atoms with Crippen LogP contribution in [-0.2, 0) is 13.0 Å². The summed E-state index contributed by atoms with van der Waals surface area (Å²) in [4.78, 5) is 7.70. The highest BCUT2D eigenvalue weighted by Gasteiger charge is 2.05. The van der Waals surface area contributed by atoms with Gasteiger partial charge in [0.1, 0.15) is 0 Å². The summed E-state index contributed by atoms with van der Waals surface area (Å²) in [6, 6.07) is 16.8. The zero-order valence-electron chi connectivity index (χ0n) is 16.8. The van der Waals surface area contributed by atoms with Crippen molar-refractivity contribution in [1.29, 1.82) is 0 Å². The van der Waals surface area contributed by atoms with E-state index < -0.39 is 0 Å². The summed E-state index contributed by atoms with van der Waals surface area (Å²) >= 11 is 0. The third kappa shape index (κ3) is 4.48. The van der Waals surface area contributed by atoms with Gasteiger partial charge < -0.3 is 15.6 Å². The molecule has 4 rings (SSSR count). The molecule has 0 fully saturated rings. The molecule has 0 bridgehead atoms. The highest BCUT2D eigenvalue weighted by atomic mass is 15.3. The van der Waals surface area contributed by atoms with Gasteiger partial charge in [0.2, 0.25) is 0 Å². The minimum Gasteiger partial charge on any atom is -0.361 e. The van der Waals surface area contributed by atoms with Gasteiger partial charge in [0, 0.05) is 49.6 Å². The maximum atomic E-state index is 4.34. The lowest BCUT2D eigenvalue weighted by atomic mass is 10.1. The number of fused-ring (bicyclic) bond motifs is 1. The normalized spacial score (nSPS) is 11.7. The molecule has 148 valence electrons. The third-order valence-electron chi connectivity index (χ3n) is 4.97. The first-order chi connectivity index (χ1) is 14.2. The van der Waals surface area contributed by atoms with Crippen LogP contribution in [0.5, 0.6) is 0 Å². The fourth-order valence-electron chi connectivity index (χ4n) is 3.46. The minimum absolute atomic E-state index is 0.696. The van der Waals surface area contributed by atoms with Crippen molar-refractivity contribution in [2.24, 2.45) is 4.99 Å². The van der Waals surface area contributed by atoms with Crippen LogP contribution in [0.25, 0.3) is 16.6 Å². The molecule has 0 aliphatic rings. The van der Waals surface area contributed by atoms with E-state index in [1.54, 1.807) is 13.2 Å². The number of benzene rings is 2. The van der Waals surface area contributed by atoms with Crippen molar-refractivity contribution in [1.82, 2.24) is 25.4 Å². The molecule has 2 aromatic carbocycles.